The van der Waals surface area contributed by atoms with E-state index in [1.54, 1.807) is 23.6 Å². The second kappa shape index (κ2) is 4.97. The second-order valence-corrected chi connectivity index (χ2v) is 4.47. The molecule has 0 spiro atoms. The minimum atomic E-state index is -0.514. The highest BCUT2D eigenvalue weighted by atomic mass is 32.1. The zero-order valence-electron chi connectivity index (χ0n) is 9.43. The van der Waals surface area contributed by atoms with Crippen molar-refractivity contribution in [3.63, 3.8) is 0 Å². The van der Waals surface area contributed by atoms with Gasteiger partial charge in [0.05, 0.1) is 0 Å². The van der Waals surface area contributed by atoms with Crippen LogP contribution in [-0.2, 0) is 6.54 Å². The van der Waals surface area contributed by atoms with Crippen LogP contribution in [0, 0.1) is 6.92 Å². The molecule has 3 N–H and O–H groups in total. The van der Waals surface area contributed by atoms with Crippen molar-refractivity contribution in [2.45, 2.75) is 13.5 Å². The molecule has 0 fully saturated rings. The molecule has 4 nitrogen and oxygen atoms in total. The van der Waals surface area contributed by atoms with E-state index in [4.69, 9.17) is 5.73 Å². The minimum Gasteiger partial charge on any atom is -0.381 e. The fourth-order valence-electron chi connectivity index (χ4n) is 1.44. The van der Waals surface area contributed by atoms with Crippen LogP contribution in [0.2, 0.25) is 0 Å². The Bertz CT molecular complexity index is 536. The predicted octanol–water partition coefficient (Wildman–Crippen LogP) is 2.16. The molecule has 0 radical (unpaired) electrons. The largest absolute Gasteiger partial charge is 0.381 e. The van der Waals surface area contributed by atoms with Crippen LogP contribution in [0.25, 0.3) is 0 Å². The van der Waals surface area contributed by atoms with E-state index < -0.39 is 5.91 Å². The van der Waals surface area contributed by atoms with E-state index in [9.17, 15) is 4.79 Å². The number of amides is 1. The number of nitrogens with two attached hydrogens (primary N) is 1. The van der Waals surface area contributed by atoms with Crippen LogP contribution in [0.4, 0.5) is 5.69 Å². The summed E-state index contributed by atoms with van der Waals surface area (Å²) in [6, 6.07) is 3.47. The Morgan fingerprint density at radius 3 is 3.00 bits per heavy atom. The first-order valence-electron chi connectivity index (χ1n) is 5.18. The fraction of sp³-hybridized carbons (Fsp3) is 0.167. The molecule has 0 saturated heterocycles. The monoisotopic (exact) mass is 247 g/mol. The van der Waals surface area contributed by atoms with Gasteiger partial charge in [-0.05, 0) is 40.9 Å². The topological polar surface area (TPSA) is 68.0 Å². The summed E-state index contributed by atoms with van der Waals surface area (Å²) in [5, 5.41) is 7.46. The van der Waals surface area contributed by atoms with Crippen molar-refractivity contribution in [3.8, 4) is 0 Å². The number of aryl methyl sites for hydroxylation is 1. The molecule has 0 atom stereocenters. The molecule has 88 valence electrons. The number of thiophene rings is 1. The number of nitrogens with one attached hydrogen (secondary N) is 1. The van der Waals surface area contributed by atoms with Gasteiger partial charge in [0.25, 0.3) is 5.91 Å². The van der Waals surface area contributed by atoms with Crippen LogP contribution in [0.1, 0.15) is 21.6 Å². The van der Waals surface area contributed by atoms with Gasteiger partial charge in [0.1, 0.15) is 5.69 Å². The summed E-state index contributed by atoms with van der Waals surface area (Å²) >= 11 is 1.68. The summed E-state index contributed by atoms with van der Waals surface area (Å²) in [4.78, 5) is 14.9. The Hall–Kier alpha value is -1.88. The highest BCUT2D eigenvalue weighted by Crippen LogP contribution is 2.16. The Labute approximate surface area is 103 Å². The number of pyridine rings is 1. The van der Waals surface area contributed by atoms with Crippen LogP contribution in [0.3, 0.4) is 0 Å². The lowest BCUT2D eigenvalue weighted by Gasteiger charge is -2.06. The van der Waals surface area contributed by atoms with Gasteiger partial charge in [-0.2, -0.15) is 11.3 Å². The number of rotatable bonds is 4. The zero-order valence-corrected chi connectivity index (χ0v) is 10.3. The molecule has 2 rings (SSSR count). The molecule has 2 aromatic heterocycles. The molecular weight excluding hydrogens is 234 g/mol. The normalized spacial score (nSPS) is 10.2. The molecule has 2 aromatic rings. The van der Waals surface area contributed by atoms with Gasteiger partial charge in [-0.15, -0.1) is 0 Å². The molecule has 0 aliphatic carbocycles. The van der Waals surface area contributed by atoms with E-state index >= 15 is 0 Å². The summed E-state index contributed by atoms with van der Waals surface area (Å²) in [6.45, 7) is 2.81. The lowest BCUT2D eigenvalue weighted by Crippen LogP contribution is -2.13. The van der Waals surface area contributed by atoms with E-state index in [2.05, 4.69) is 28.0 Å². The lowest BCUT2D eigenvalue weighted by molar-refractivity contribution is 0.0995. The predicted molar refractivity (Wildman–Crippen MR) is 69.1 cm³/mol. The van der Waals surface area contributed by atoms with E-state index in [0.29, 0.717) is 0 Å². The molecular formula is C12H13N3OS. The first-order valence-corrected chi connectivity index (χ1v) is 6.12. The lowest BCUT2D eigenvalue weighted by atomic mass is 10.2. The molecule has 0 saturated carbocycles. The molecule has 0 unspecified atom stereocenters. The van der Waals surface area contributed by atoms with E-state index in [0.717, 1.165) is 12.2 Å². The van der Waals surface area contributed by atoms with E-state index in [-0.39, 0.29) is 5.69 Å². The van der Waals surface area contributed by atoms with Gasteiger partial charge < -0.3 is 11.1 Å². The maximum atomic E-state index is 11.0. The molecule has 0 bridgehead atoms. The summed E-state index contributed by atoms with van der Waals surface area (Å²) in [7, 11) is 0. The van der Waals surface area contributed by atoms with Gasteiger partial charge in [0.2, 0.25) is 0 Å². The summed E-state index contributed by atoms with van der Waals surface area (Å²) in [5.74, 6) is -0.514. The molecule has 17 heavy (non-hydrogen) atoms. The van der Waals surface area contributed by atoms with Crippen molar-refractivity contribution in [2.24, 2.45) is 5.73 Å². The van der Waals surface area contributed by atoms with Crippen molar-refractivity contribution in [1.82, 2.24) is 4.98 Å². The first kappa shape index (κ1) is 11.6. The van der Waals surface area contributed by atoms with Gasteiger partial charge in [0, 0.05) is 18.4 Å². The molecule has 0 aliphatic heterocycles. The smallest absolute Gasteiger partial charge is 0.267 e. The fourth-order valence-corrected chi connectivity index (χ4v) is 2.30. The number of primary amides is 1. The third-order valence-electron chi connectivity index (χ3n) is 2.46. The van der Waals surface area contributed by atoms with Crippen LogP contribution in [-0.4, -0.2) is 10.9 Å². The van der Waals surface area contributed by atoms with Crippen molar-refractivity contribution >= 4 is 22.9 Å². The van der Waals surface area contributed by atoms with Crippen LogP contribution in [0.5, 0.6) is 0 Å². The van der Waals surface area contributed by atoms with Crippen molar-refractivity contribution < 1.29 is 4.79 Å². The van der Waals surface area contributed by atoms with E-state index in [1.807, 2.05) is 6.07 Å². The first-order chi connectivity index (χ1) is 8.16. The van der Waals surface area contributed by atoms with Gasteiger partial charge in [-0.3, -0.25) is 9.78 Å². The van der Waals surface area contributed by atoms with Gasteiger partial charge in [-0.1, -0.05) is 0 Å². The van der Waals surface area contributed by atoms with Crippen molar-refractivity contribution in [1.29, 1.82) is 0 Å². The number of hydrogen-bond acceptors (Lipinski definition) is 4. The maximum Gasteiger partial charge on any atom is 0.267 e. The zero-order chi connectivity index (χ0) is 12.3. The number of carbonyl (C=O) groups excluding carboxylic acids is 1. The molecule has 0 aromatic carbocycles. The number of carbonyl (C=O) groups is 1. The van der Waals surface area contributed by atoms with Crippen molar-refractivity contribution in [3.05, 3.63) is 45.9 Å². The average molecular weight is 247 g/mol. The maximum absolute atomic E-state index is 11.0. The van der Waals surface area contributed by atoms with Crippen LogP contribution in [0.15, 0.2) is 29.1 Å². The quantitative estimate of drug-likeness (QED) is 0.870. The Balaban J connectivity index is 2.07. The molecule has 0 aliphatic rings. The Kier molecular flexibility index (Phi) is 3.39. The Morgan fingerprint density at radius 1 is 1.53 bits per heavy atom. The average Bonchev–Trinajstić information content (AvgIpc) is 2.72. The van der Waals surface area contributed by atoms with Crippen LogP contribution < -0.4 is 11.1 Å². The number of anilines is 1. The van der Waals surface area contributed by atoms with Gasteiger partial charge >= 0.3 is 0 Å². The molecule has 5 heteroatoms. The van der Waals surface area contributed by atoms with Gasteiger partial charge in [-0.25, -0.2) is 0 Å². The standard InChI is InChI=1S/C12H13N3OS/c1-8-6-17-7-9(8)5-15-10-2-3-14-11(4-10)12(13)16/h2-4,6-7H,5H2,1H3,(H2,13,16)(H,14,15). The van der Waals surface area contributed by atoms with Crippen LogP contribution >= 0.6 is 11.3 Å². The second-order valence-electron chi connectivity index (χ2n) is 3.73. The third-order valence-corrected chi connectivity index (χ3v) is 3.37. The molecule has 1 amide bonds. The number of hydrogen-bond donors (Lipinski definition) is 2. The number of nitrogens with zero attached hydrogens (tertiary/aromatic N) is 1. The minimum absolute atomic E-state index is 0.275. The Morgan fingerprint density at radius 2 is 2.35 bits per heavy atom. The summed E-state index contributed by atoms with van der Waals surface area (Å²) in [5.41, 5.74) is 8.82. The number of aromatic nitrogens is 1. The highest BCUT2D eigenvalue weighted by molar-refractivity contribution is 7.08. The summed E-state index contributed by atoms with van der Waals surface area (Å²) in [6.07, 6.45) is 1.57. The van der Waals surface area contributed by atoms with E-state index in [1.165, 1.54) is 11.1 Å². The summed E-state index contributed by atoms with van der Waals surface area (Å²) < 4.78 is 0. The highest BCUT2D eigenvalue weighted by Gasteiger charge is 2.03. The third kappa shape index (κ3) is 2.82. The molecule has 2 heterocycles. The SMILES string of the molecule is Cc1cscc1CNc1ccnc(C(N)=O)c1. The van der Waals surface area contributed by atoms with Gasteiger partial charge in [0.15, 0.2) is 0 Å². The van der Waals surface area contributed by atoms with Crippen molar-refractivity contribution in [2.75, 3.05) is 5.32 Å².